The van der Waals surface area contributed by atoms with E-state index in [1.165, 1.54) is 0 Å². The average Bonchev–Trinajstić information content (AvgIpc) is 3.13. The number of aromatic amines is 1. The van der Waals surface area contributed by atoms with Gasteiger partial charge in [0.15, 0.2) is 0 Å². The topological polar surface area (TPSA) is 86.5 Å². The number of carbonyl (C=O) groups is 1. The molecule has 0 fully saturated rings. The van der Waals surface area contributed by atoms with E-state index in [1.807, 2.05) is 17.6 Å². The summed E-state index contributed by atoms with van der Waals surface area (Å²) < 4.78 is 1.90. The molecule has 6 heteroatoms. The summed E-state index contributed by atoms with van der Waals surface area (Å²) in [6.07, 6.45) is 1.69. The fourth-order valence-electron chi connectivity index (χ4n) is 2.26. The smallest absolute Gasteiger partial charge is 0.274 e. The minimum atomic E-state index is -0.245. The van der Waals surface area contributed by atoms with Crippen LogP contribution in [0.4, 0.5) is 5.95 Å². The third-order valence-electron chi connectivity index (χ3n) is 3.26. The van der Waals surface area contributed by atoms with Gasteiger partial charge in [-0.15, -0.1) is 0 Å². The van der Waals surface area contributed by atoms with Crippen LogP contribution in [0.5, 0.6) is 0 Å². The van der Waals surface area contributed by atoms with Gasteiger partial charge in [0.25, 0.3) is 5.91 Å². The summed E-state index contributed by atoms with van der Waals surface area (Å²) >= 11 is 0. The molecule has 0 aliphatic rings. The lowest BCUT2D eigenvalue weighted by atomic mass is 10.2. The molecular formula is C15H13N5O. The fourth-order valence-corrected chi connectivity index (χ4v) is 2.26. The summed E-state index contributed by atoms with van der Waals surface area (Å²) in [5.74, 6) is 0.229. The van der Waals surface area contributed by atoms with Crippen molar-refractivity contribution in [1.82, 2.24) is 14.5 Å². The zero-order valence-electron chi connectivity index (χ0n) is 11.4. The molecule has 104 valence electrons. The van der Waals surface area contributed by atoms with Gasteiger partial charge in [-0.1, -0.05) is 0 Å². The number of nitrogens with zero attached hydrogens (tertiary/aromatic N) is 3. The first kappa shape index (κ1) is 12.9. The highest BCUT2D eigenvalue weighted by Gasteiger charge is 2.14. The van der Waals surface area contributed by atoms with E-state index < -0.39 is 0 Å². The first-order valence-corrected chi connectivity index (χ1v) is 6.58. The Kier molecular flexibility index (Phi) is 3.16. The number of nitriles is 1. The van der Waals surface area contributed by atoms with Gasteiger partial charge >= 0.3 is 0 Å². The van der Waals surface area contributed by atoms with Crippen LogP contribution in [0.15, 0.2) is 36.5 Å². The second-order valence-corrected chi connectivity index (χ2v) is 4.53. The molecule has 21 heavy (non-hydrogen) atoms. The predicted molar refractivity (Wildman–Crippen MR) is 78.9 cm³/mol. The van der Waals surface area contributed by atoms with E-state index >= 15 is 0 Å². The number of nitrogens with one attached hydrogen (secondary N) is 2. The van der Waals surface area contributed by atoms with E-state index in [0.717, 1.165) is 5.52 Å². The number of fused-ring (bicyclic) bond motifs is 1. The van der Waals surface area contributed by atoms with Crippen molar-refractivity contribution in [2.45, 2.75) is 13.5 Å². The number of rotatable bonds is 3. The molecule has 0 atom stereocenters. The van der Waals surface area contributed by atoms with Crippen LogP contribution < -0.4 is 5.32 Å². The zero-order chi connectivity index (χ0) is 14.8. The fraction of sp³-hybridized carbons (Fsp3) is 0.133. The molecule has 0 saturated heterocycles. The molecular weight excluding hydrogens is 266 g/mol. The predicted octanol–water partition coefficient (Wildman–Crippen LogP) is 2.51. The average molecular weight is 279 g/mol. The van der Waals surface area contributed by atoms with E-state index in [1.54, 1.807) is 30.5 Å². The van der Waals surface area contributed by atoms with E-state index in [2.05, 4.69) is 21.4 Å². The van der Waals surface area contributed by atoms with Gasteiger partial charge in [-0.05, 0) is 37.3 Å². The van der Waals surface area contributed by atoms with E-state index in [-0.39, 0.29) is 5.91 Å². The van der Waals surface area contributed by atoms with Gasteiger partial charge in [0.05, 0.1) is 22.7 Å². The molecule has 0 radical (unpaired) electrons. The Balaban J connectivity index is 2.02. The highest BCUT2D eigenvalue weighted by atomic mass is 16.2. The van der Waals surface area contributed by atoms with Crippen molar-refractivity contribution < 1.29 is 4.79 Å². The van der Waals surface area contributed by atoms with Crippen LogP contribution in [0.1, 0.15) is 23.0 Å². The summed E-state index contributed by atoms with van der Waals surface area (Å²) in [7, 11) is 0. The van der Waals surface area contributed by atoms with Crippen LogP contribution >= 0.6 is 0 Å². The number of imidazole rings is 1. The summed E-state index contributed by atoms with van der Waals surface area (Å²) in [6.45, 7) is 2.65. The number of anilines is 1. The van der Waals surface area contributed by atoms with Crippen molar-refractivity contribution in [2.75, 3.05) is 5.32 Å². The quantitative estimate of drug-likeness (QED) is 0.772. The Labute approximate surface area is 121 Å². The maximum atomic E-state index is 12.1. The van der Waals surface area contributed by atoms with Crippen molar-refractivity contribution in [1.29, 1.82) is 5.26 Å². The highest BCUT2D eigenvalue weighted by molar-refractivity contribution is 6.02. The summed E-state index contributed by atoms with van der Waals surface area (Å²) in [6, 6.07) is 10.8. The lowest BCUT2D eigenvalue weighted by molar-refractivity contribution is 0.102. The second-order valence-electron chi connectivity index (χ2n) is 4.53. The SMILES string of the molecule is CCn1c(NC(=O)c2ccc[nH]2)nc2cc(C#N)ccc21. The molecule has 2 heterocycles. The van der Waals surface area contributed by atoms with Crippen molar-refractivity contribution in [3.8, 4) is 6.07 Å². The number of amides is 1. The Bertz CT molecular complexity index is 839. The molecule has 2 N–H and O–H groups in total. The van der Waals surface area contributed by atoms with Crippen molar-refractivity contribution in [2.24, 2.45) is 0 Å². The maximum absolute atomic E-state index is 12.1. The third-order valence-corrected chi connectivity index (χ3v) is 3.26. The number of aryl methyl sites for hydroxylation is 1. The zero-order valence-corrected chi connectivity index (χ0v) is 11.4. The Morgan fingerprint density at radius 2 is 2.33 bits per heavy atom. The summed E-state index contributed by atoms with van der Waals surface area (Å²) in [5, 5.41) is 11.7. The van der Waals surface area contributed by atoms with Crippen LogP contribution in [0.2, 0.25) is 0 Å². The molecule has 0 aliphatic heterocycles. The molecule has 0 saturated carbocycles. The van der Waals surface area contributed by atoms with Gasteiger partial charge in [0.1, 0.15) is 5.69 Å². The Morgan fingerprint density at radius 1 is 1.48 bits per heavy atom. The monoisotopic (exact) mass is 279 g/mol. The van der Waals surface area contributed by atoms with Crippen LogP contribution in [-0.2, 0) is 6.54 Å². The van der Waals surface area contributed by atoms with Gasteiger partial charge < -0.3 is 9.55 Å². The van der Waals surface area contributed by atoms with Gasteiger partial charge in [0.2, 0.25) is 5.95 Å². The number of hydrogen-bond acceptors (Lipinski definition) is 3. The molecule has 0 spiro atoms. The molecule has 2 aromatic heterocycles. The van der Waals surface area contributed by atoms with Gasteiger partial charge in [-0.3, -0.25) is 10.1 Å². The van der Waals surface area contributed by atoms with Gasteiger partial charge in [-0.25, -0.2) is 4.98 Å². The molecule has 3 aromatic rings. The number of aromatic nitrogens is 3. The van der Waals surface area contributed by atoms with Gasteiger partial charge in [0, 0.05) is 12.7 Å². The molecule has 6 nitrogen and oxygen atoms in total. The van der Waals surface area contributed by atoms with E-state index in [4.69, 9.17) is 5.26 Å². The van der Waals surface area contributed by atoms with Crippen LogP contribution in [0.25, 0.3) is 11.0 Å². The number of hydrogen-bond donors (Lipinski definition) is 2. The minimum Gasteiger partial charge on any atom is -0.357 e. The highest BCUT2D eigenvalue weighted by Crippen LogP contribution is 2.21. The van der Waals surface area contributed by atoms with Crippen LogP contribution in [0, 0.1) is 11.3 Å². The molecule has 1 amide bonds. The summed E-state index contributed by atoms with van der Waals surface area (Å²) in [4.78, 5) is 19.4. The normalized spacial score (nSPS) is 10.5. The minimum absolute atomic E-state index is 0.245. The molecule has 3 rings (SSSR count). The summed E-state index contributed by atoms with van der Waals surface area (Å²) in [5.41, 5.74) is 2.60. The van der Waals surface area contributed by atoms with Crippen molar-refractivity contribution >= 4 is 22.9 Å². The first-order valence-electron chi connectivity index (χ1n) is 6.58. The van der Waals surface area contributed by atoms with Crippen molar-refractivity contribution in [3.05, 3.63) is 47.8 Å². The van der Waals surface area contributed by atoms with Gasteiger partial charge in [-0.2, -0.15) is 5.26 Å². The van der Waals surface area contributed by atoms with E-state index in [9.17, 15) is 4.79 Å². The lowest BCUT2D eigenvalue weighted by Gasteiger charge is -2.06. The number of benzene rings is 1. The molecule has 0 aliphatic carbocycles. The molecule has 0 unspecified atom stereocenters. The third kappa shape index (κ3) is 2.25. The van der Waals surface area contributed by atoms with E-state index in [0.29, 0.717) is 29.3 Å². The van der Waals surface area contributed by atoms with Crippen LogP contribution in [-0.4, -0.2) is 20.4 Å². The number of carbonyl (C=O) groups excluding carboxylic acids is 1. The second kappa shape index (κ2) is 5.13. The van der Waals surface area contributed by atoms with Crippen molar-refractivity contribution in [3.63, 3.8) is 0 Å². The Morgan fingerprint density at radius 3 is 3.00 bits per heavy atom. The van der Waals surface area contributed by atoms with Crippen LogP contribution in [0.3, 0.4) is 0 Å². The first-order chi connectivity index (χ1) is 10.2. The Hall–Kier alpha value is -3.07. The lowest BCUT2D eigenvalue weighted by Crippen LogP contribution is -2.16. The molecule has 0 bridgehead atoms. The maximum Gasteiger partial charge on any atom is 0.274 e. The largest absolute Gasteiger partial charge is 0.357 e. The molecule has 1 aromatic carbocycles. The standard InChI is InChI=1S/C15H13N5O/c1-2-20-13-6-5-10(9-16)8-12(13)18-15(20)19-14(21)11-4-3-7-17-11/h3-8,17H,2H2,1H3,(H,18,19,21). The number of H-pyrrole nitrogens is 1.